The van der Waals surface area contributed by atoms with Crippen LogP contribution in [-0.4, -0.2) is 15.1 Å². The Morgan fingerprint density at radius 3 is 3.07 bits per heavy atom. The number of phenols is 1. The van der Waals surface area contributed by atoms with E-state index >= 15 is 0 Å². The fourth-order valence-corrected chi connectivity index (χ4v) is 2.01. The maximum absolute atomic E-state index is 9.56. The number of imidazole rings is 1. The molecular weight excluding hydrogens is 210 g/mol. The summed E-state index contributed by atoms with van der Waals surface area (Å²) >= 11 is 1.52. The molecule has 0 aliphatic rings. The highest BCUT2D eigenvalue weighted by molar-refractivity contribution is 7.98. The molecule has 1 aromatic carbocycles. The Morgan fingerprint density at radius 1 is 1.47 bits per heavy atom. The molecule has 0 saturated carbocycles. The number of H-pyrrole nitrogens is 1. The molecular formula is C10H11N3OS. The van der Waals surface area contributed by atoms with Crippen LogP contribution in [-0.2, 0) is 5.75 Å². The van der Waals surface area contributed by atoms with Crippen LogP contribution in [0.1, 0.15) is 5.56 Å². The minimum Gasteiger partial charge on any atom is -0.508 e. The molecule has 78 valence electrons. The van der Waals surface area contributed by atoms with Crippen molar-refractivity contribution in [3.8, 4) is 5.75 Å². The Kier molecular flexibility index (Phi) is 2.82. The van der Waals surface area contributed by atoms with Crippen molar-refractivity contribution in [3.63, 3.8) is 0 Å². The highest BCUT2D eigenvalue weighted by Crippen LogP contribution is 2.26. The lowest BCUT2D eigenvalue weighted by Crippen LogP contribution is -1.88. The quantitative estimate of drug-likeness (QED) is 0.421. The number of aromatic hydroxyl groups is 1. The number of anilines is 1. The SMILES string of the molecule is Nc1ccc(O)c(CSc2ncc[nH]2)c1. The lowest BCUT2D eigenvalue weighted by atomic mass is 10.2. The minimum absolute atomic E-state index is 0.267. The number of phenolic OH excluding ortho intramolecular Hbond substituents is 1. The molecule has 1 heterocycles. The zero-order valence-electron chi connectivity index (χ0n) is 7.97. The monoisotopic (exact) mass is 221 g/mol. The fraction of sp³-hybridized carbons (Fsp3) is 0.100. The standard InChI is InChI=1S/C10H11N3OS/c11-8-1-2-9(14)7(5-8)6-15-10-12-3-4-13-10/h1-5,14H,6,11H2,(H,12,13). The first-order chi connectivity index (χ1) is 7.25. The average molecular weight is 221 g/mol. The van der Waals surface area contributed by atoms with Crippen molar-refractivity contribution < 1.29 is 5.11 Å². The van der Waals surface area contributed by atoms with Gasteiger partial charge in [0.05, 0.1) is 0 Å². The van der Waals surface area contributed by atoms with Crippen LogP contribution in [0.4, 0.5) is 5.69 Å². The molecule has 4 nitrogen and oxygen atoms in total. The molecule has 5 heteroatoms. The van der Waals surface area contributed by atoms with Crippen LogP contribution in [0.25, 0.3) is 0 Å². The summed E-state index contributed by atoms with van der Waals surface area (Å²) in [5.74, 6) is 0.910. The minimum atomic E-state index is 0.267. The Morgan fingerprint density at radius 2 is 2.33 bits per heavy atom. The molecule has 0 spiro atoms. The van der Waals surface area contributed by atoms with Gasteiger partial charge in [-0.25, -0.2) is 4.98 Å². The number of nitrogens with two attached hydrogens (primary N) is 1. The first-order valence-electron chi connectivity index (χ1n) is 4.45. The number of benzene rings is 1. The summed E-state index contributed by atoms with van der Waals surface area (Å²) in [6.07, 6.45) is 3.46. The normalized spacial score (nSPS) is 10.4. The predicted octanol–water partition coefficient (Wildman–Crippen LogP) is 1.99. The molecule has 0 fully saturated rings. The summed E-state index contributed by atoms with van der Waals surface area (Å²) in [6, 6.07) is 5.05. The lowest BCUT2D eigenvalue weighted by Gasteiger charge is -2.03. The number of hydrogen-bond donors (Lipinski definition) is 3. The second-order valence-corrected chi connectivity index (χ2v) is 4.04. The first-order valence-corrected chi connectivity index (χ1v) is 5.44. The van der Waals surface area contributed by atoms with Crippen LogP contribution in [0.3, 0.4) is 0 Å². The van der Waals surface area contributed by atoms with E-state index in [0.29, 0.717) is 11.4 Å². The van der Waals surface area contributed by atoms with Gasteiger partial charge in [-0.15, -0.1) is 0 Å². The van der Waals surface area contributed by atoms with Gasteiger partial charge in [0.1, 0.15) is 5.75 Å². The van der Waals surface area contributed by atoms with Crippen molar-refractivity contribution in [3.05, 3.63) is 36.2 Å². The summed E-state index contributed by atoms with van der Waals surface area (Å²) in [5.41, 5.74) is 7.10. The molecule has 0 amide bonds. The Hall–Kier alpha value is -1.62. The van der Waals surface area contributed by atoms with Crippen LogP contribution in [0, 0.1) is 0 Å². The van der Waals surface area contributed by atoms with Crippen molar-refractivity contribution in [1.82, 2.24) is 9.97 Å². The van der Waals surface area contributed by atoms with E-state index in [9.17, 15) is 5.11 Å². The summed E-state index contributed by atoms with van der Waals surface area (Å²) in [5, 5.41) is 10.4. The maximum atomic E-state index is 9.56. The van der Waals surface area contributed by atoms with Gasteiger partial charge in [-0.1, -0.05) is 11.8 Å². The van der Waals surface area contributed by atoms with E-state index in [1.54, 1.807) is 30.6 Å². The summed E-state index contributed by atoms with van der Waals surface area (Å²) < 4.78 is 0. The Balaban J connectivity index is 2.07. The first kappa shape index (κ1) is 9.92. The van der Waals surface area contributed by atoms with E-state index in [4.69, 9.17) is 5.73 Å². The predicted molar refractivity (Wildman–Crippen MR) is 60.7 cm³/mol. The average Bonchev–Trinajstić information content (AvgIpc) is 2.72. The van der Waals surface area contributed by atoms with Gasteiger partial charge >= 0.3 is 0 Å². The van der Waals surface area contributed by atoms with Crippen molar-refractivity contribution in [2.24, 2.45) is 0 Å². The molecule has 0 aliphatic heterocycles. The molecule has 4 N–H and O–H groups in total. The van der Waals surface area contributed by atoms with Crippen LogP contribution in [0.5, 0.6) is 5.75 Å². The molecule has 1 aromatic heterocycles. The van der Waals surface area contributed by atoms with E-state index in [0.717, 1.165) is 10.7 Å². The molecule has 0 unspecified atom stereocenters. The Labute approximate surface area is 91.5 Å². The number of nitrogens with zero attached hydrogens (tertiary/aromatic N) is 1. The zero-order chi connectivity index (χ0) is 10.7. The van der Waals surface area contributed by atoms with Gasteiger partial charge < -0.3 is 15.8 Å². The van der Waals surface area contributed by atoms with Gasteiger partial charge in [0, 0.05) is 29.4 Å². The molecule has 0 saturated heterocycles. The molecule has 2 rings (SSSR count). The third-order valence-electron chi connectivity index (χ3n) is 1.94. The highest BCUT2D eigenvalue weighted by Gasteiger charge is 2.03. The highest BCUT2D eigenvalue weighted by atomic mass is 32.2. The smallest absolute Gasteiger partial charge is 0.165 e. The van der Waals surface area contributed by atoms with Crippen LogP contribution in [0.2, 0.25) is 0 Å². The summed E-state index contributed by atoms with van der Waals surface area (Å²) in [7, 11) is 0. The van der Waals surface area contributed by atoms with Crippen molar-refractivity contribution in [2.45, 2.75) is 10.9 Å². The van der Waals surface area contributed by atoms with Gasteiger partial charge in [0.25, 0.3) is 0 Å². The second kappa shape index (κ2) is 4.27. The largest absolute Gasteiger partial charge is 0.508 e. The van der Waals surface area contributed by atoms with E-state index in [1.807, 2.05) is 0 Å². The van der Waals surface area contributed by atoms with Crippen molar-refractivity contribution >= 4 is 17.4 Å². The Bertz CT molecular complexity index is 442. The van der Waals surface area contributed by atoms with Gasteiger partial charge in [0.2, 0.25) is 0 Å². The molecule has 0 bridgehead atoms. The molecule has 0 radical (unpaired) electrons. The number of hydrogen-bond acceptors (Lipinski definition) is 4. The maximum Gasteiger partial charge on any atom is 0.165 e. The van der Waals surface area contributed by atoms with E-state index < -0.39 is 0 Å². The topological polar surface area (TPSA) is 74.9 Å². The third-order valence-corrected chi connectivity index (χ3v) is 2.89. The van der Waals surface area contributed by atoms with Crippen molar-refractivity contribution in [2.75, 3.05) is 5.73 Å². The van der Waals surface area contributed by atoms with Gasteiger partial charge in [-0.05, 0) is 18.2 Å². The van der Waals surface area contributed by atoms with Gasteiger partial charge in [-0.3, -0.25) is 0 Å². The number of aromatic nitrogens is 2. The fourth-order valence-electron chi connectivity index (χ4n) is 1.20. The molecule has 15 heavy (non-hydrogen) atoms. The number of aromatic amines is 1. The van der Waals surface area contributed by atoms with Gasteiger partial charge in [-0.2, -0.15) is 0 Å². The number of nitrogens with one attached hydrogen (secondary N) is 1. The van der Waals surface area contributed by atoms with Crippen LogP contribution in [0.15, 0.2) is 35.7 Å². The molecule has 0 aliphatic carbocycles. The number of nitrogen functional groups attached to an aromatic ring is 1. The third kappa shape index (κ3) is 2.44. The van der Waals surface area contributed by atoms with E-state index in [-0.39, 0.29) is 5.75 Å². The van der Waals surface area contributed by atoms with Gasteiger partial charge in [0.15, 0.2) is 5.16 Å². The number of thioether (sulfide) groups is 1. The van der Waals surface area contributed by atoms with Crippen LogP contribution < -0.4 is 5.73 Å². The van der Waals surface area contributed by atoms with E-state index in [2.05, 4.69) is 9.97 Å². The summed E-state index contributed by atoms with van der Waals surface area (Å²) in [4.78, 5) is 7.06. The summed E-state index contributed by atoms with van der Waals surface area (Å²) in [6.45, 7) is 0. The molecule has 0 atom stereocenters. The zero-order valence-corrected chi connectivity index (χ0v) is 8.79. The lowest BCUT2D eigenvalue weighted by molar-refractivity contribution is 0.471. The van der Waals surface area contributed by atoms with Crippen molar-refractivity contribution in [1.29, 1.82) is 0 Å². The van der Waals surface area contributed by atoms with Crippen LogP contribution >= 0.6 is 11.8 Å². The van der Waals surface area contributed by atoms with E-state index in [1.165, 1.54) is 11.8 Å². The second-order valence-electron chi connectivity index (χ2n) is 3.07. The number of rotatable bonds is 3. The molecule has 2 aromatic rings.